The number of aryl methyl sites for hydroxylation is 1. The molecule has 0 saturated heterocycles. The van der Waals surface area contributed by atoms with E-state index in [0.717, 1.165) is 5.56 Å². The zero-order valence-electron chi connectivity index (χ0n) is 17.8. The van der Waals surface area contributed by atoms with Crippen LogP contribution in [0.25, 0.3) is 0 Å². The summed E-state index contributed by atoms with van der Waals surface area (Å²) in [4.78, 5) is 36.4. The zero-order chi connectivity index (χ0) is 23.8. The first-order chi connectivity index (χ1) is 15.9. The summed E-state index contributed by atoms with van der Waals surface area (Å²) < 4.78 is 10.7. The molecule has 0 unspecified atom stereocenters. The lowest BCUT2D eigenvalue weighted by Crippen LogP contribution is -2.32. The maximum absolute atomic E-state index is 12.4. The summed E-state index contributed by atoms with van der Waals surface area (Å²) in [6, 6.07) is 18.3. The van der Waals surface area contributed by atoms with Gasteiger partial charge in [0.05, 0.1) is 23.9 Å². The fourth-order valence-electron chi connectivity index (χ4n) is 2.74. The van der Waals surface area contributed by atoms with Gasteiger partial charge in [-0.1, -0.05) is 41.9 Å². The largest absolute Gasteiger partial charge is 0.493 e. The molecule has 0 aromatic heterocycles. The molecule has 3 aromatic carbocycles. The lowest BCUT2D eigenvalue weighted by atomic mass is 10.2. The van der Waals surface area contributed by atoms with E-state index in [0.29, 0.717) is 11.3 Å². The van der Waals surface area contributed by atoms with Gasteiger partial charge in [-0.3, -0.25) is 9.59 Å². The number of hydrazone groups is 1. The third kappa shape index (κ3) is 6.18. The monoisotopic (exact) mass is 465 g/mol. The van der Waals surface area contributed by atoms with Gasteiger partial charge in [0.2, 0.25) is 0 Å². The highest BCUT2D eigenvalue weighted by Gasteiger charge is 2.16. The molecule has 0 aliphatic carbocycles. The quantitative estimate of drug-likeness (QED) is 0.188. The van der Waals surface area contributed by atoms with Crippen LogP contribution < -0.4 is 20.2 Å². The van der Waals surface area contributed by atoms with Crippen molar-refractivity contribution in [2.45, 2.75) is 6.92 Å². The van der Waals surface area contributed by atoms with Crippen molar-refractivity contribution >= 4 is 41.3 Å². The first kappa shape index (κ1) is 23.5. The van der Waals surface area contributed by atoms with Crippen molar-refractivity contribution < 1.29 is 23.9 Å². The number of nitrogens with zero attached hydrogens (tertiary/aromatic N) is 1. The average Bonchev–Trinajstić information content (AvgIpc) is 2.81. The van der Waals surface area contributed by atoms with Crippen LogP contribution in [0, 0.1) is 6.92 Å². The van der Waals surface area contributed by atoms with Gasteiger partial charge in [0.25, 0.3) is 0 Å². The summed E-state index contributed by atoms with van der Waals surface area (Å²) in [5.41, 5.74) is 4.27. The Bertz CT molecular complexity index is 1230. The average molecular weight is 466 g/mol. The number of carbonyl (C=O) groups is 3. The molecule has 3 aromatic rings. The molecule has 8 nitrogen and oxygen atoms in total. The minimum Gasteiger partial charge on any atom is -0.493 e. The fraction of sp³-hybridized carbons (Fsp3) is 0.0833. The van der Waals surface area contributed by atoms with Crippen molar-refractivity contribution in [1.82, 2.24) is 5.43 Å². The fourth-order valence-corrected chi connectivity index (χ4v) is 2.95. The smallest absolute Gasteiger partial charge is 0.345 e. The van der Waals surface area contributed by atoms with Crippen molar-refractivity contribution in [3.63, 3.8) is 0 Å². The normalized spacial score (nSPS) is 10.5. The number of amides is 2. The number of halogens is 1. The summed E-state index contributed by atoms with van der Waals surface area (Å²) in [5.74, 6) is -1.95. The first-order valence-electron chi connectivity index (χ1n) is 9.74. The first-order valence-corrected chi connectivity index (χ1v) is 10.1. The number of hydrogen-bond acceptors (Lipinski definition) is 6. The number of methoxy groups -OCH3 is 1. The van der Waals surface area contributed by atoms with Gasteiger partial charge in [-0.2, -0.15) is 5.10 Å². The summed E-state index contributed by atoms with van der Waals surface area (Å²) in [7, 11) is 1.42. The third-order valence-corrected chi connectivity index (χ3v) is 4.79. The van der Waals surface area contributed by atoms with Crippen LogP contribution in [0.15, 0.2) is 71.8 Å². The van der Waals surface area contributed by atoms with Gasteiger partial charge in [0.1, 0.15) is 0 Å². The van der Waals surface area contributed by atoms with Crippen LogP contribution in [0.5, 0.6) is 11.5 Å². The Labute approximate surface area is 195 Å². The number of rotatable bonds is 6. The standard InChI is InChI=1S/C24H20ClN3O5/c1-15-7-3-6-10-19(15)27-22(29)23(30)28-26-14-16-11-12-20(21(13-16)32-2)33-24(31)17-8-4-5-9-18(17)25/h3-14H,1-2H3,(H,27,29)(H,28,30). The molecule has 0 atom stereocenters. The summed E-state index contributed by atoms with van der Waals surface area (Å²) >= 11 is 6.03. The van der Waals surface area contributed by atoms with Crippen molar-refractivity contribution in [3.8, 4) is 11.5 Å². The van der Waals surface area contributed by atoms with Crippen LogP contribution in [-0.2, 0) is 9.59 Å². The molecular formula is C24H20ClN3O5. The van der Waals surface area contributed by atoms with E-state index in [9.17, 15) is 14.4 Å². The molecule has 2 N–H and O–H groups in total. The highest BCUT2D eigenvalue weighted by Crippen LogP contribution is 2.29. The second-order valence-electron chi connectivity index (χ2n) is 6.75. The zero-order valence-corrected chi connectivity index (χ0v) is 18.6. The Morgan fingerprint density at radius 2 is 1.67 bits per heavy atom. The summed E-state index contributed by atoms with van der Waals surface area (Å²) in [6.45, 7) is 1.81. The highest BCUT2D eigenvalue weighted by atomic mass is 35.5. The number of anilines is 1. The van der Waals surface area contributed by atoms with Crippen molar-refractivity contribution in [2.24, 2.45) is 5.10 Å². The SMILES string of the molecule is COc1cc(C=NNC(=O)C(=O)Nc2ccccc2C)ccc1OC(=O)c1ccccc1Cl. The number of para-hydroxylation sites is 1. The summed E-state index contributed by atoms with van der Waals surface area (Å²) in [5, 5.41) is 6.57. The number of hydrogen-bond donors (Lipinski definition) is 2. The molecule has 33 heavy (non-hydrogen) atoms. The molecule has 3 rings (SSSR count). The minimum atomic E-state index is -0.924. The second-order valence-corrected chi connectivity index (χ2v) is 7.16. The van der Waals surface area contributed by atoms with E-state index in [4.69, 9.17) is 21.1 Å². The van der Waals surface area contributed by atoms with Gasteiger partial charge in [-0.25, -0.2) is 10.2 Å². The van der Waals surface area contributed by atoms with E-state index < -0.39 is 17.8 Å². The van der Waals surface area contributed by atoms with Crippen LogP contribution >= 0.6 is 11.6 Å². The molecule has 9 heteroatoms. The molecule has 2 amide bonds. The van der Waals surface area contributed by atoms with Gasteiger partial charge in [0, 0.05) is 5.69 Å². The number of esters is 1. The van der Waals surface area contributed by atoms with Gasteiger partial charge in [-0.05, 0) is 54.4 Å². The van der Waals surface area contributed by atoms with Crippen molar-refractivity contribution in [1.29, 1.82) is 0 Å². The summed E-state index contributed by atoms with van der Waals surface area (Å²) in [6.07, 6.45) is 1.32. The molecule has 0 saturated carbocycles. The third-order valence-electron chi connectivity index (χ3n) is 4.46. The maximum Gasteiger partial charge on any atom is 0.345 e. The molecule has 0 heterocycles. The predicted octanol–water partition coefficient (Wildman–Crippen LogP) is 3.97. The second kappa shape index (κ2) is 10.9. The van der Waals surface area contributed by atoms with E-state index in [1.54, 1.807) is 48.5 Å². The highest BCUT2D eigenvalue weighted by molar-refractivity contribution is 6.39. The van der Waals surface area contributed by atoms with Crippen molar-refractivity contribution in [2.75, 3.05) is 12.4 Å². The lowest BCUT2D eigenvalue weighted by Gasteiger charge is -2.10. The van der Waals surface area contributed by atoms with Crippen molar-refractivity contribution in [3.05, 3.63) is 88.4 Å². The van der Waals surface area contributed by atoms with Crippen LogP contribution in [0.4, 0.5) is 5.69 Å². The van der Waals surface area contributed by atoms with E-state index >= 15 is 0 Å². The Kier molecular flexibility index (Phi) is 7.77. The van der Waals surface area contributed by atoms with E-state index in [-0.39, 0.29) is 22.1 Å². The lowest BCUT2D eigenvalue weighted by molar-refractivity contribution is -0.136. The topological polar surface area (TPSA) is 106 Å². The molecule has 0 radical (unpaired) electrons. The molecule has 0 bridgehead atoms. The van der Waals surface area contributed by atoms with Crippen LogP contribution in [0.3, 0.4) is 0 Å². The number of nitrogens with one attached hydrogen (secondary N) is 2. The van der Waals surface area contributed by atoms with Gasteiger partial charge in [0.15, 0.2) is 11.5 Å². The van der Waals surface area contributed by atoms with E-state index in [2.05, 4.69) is 15.8 Å². The minimum absolute atomic E-state index is 0.182. The molecular weight excluding hydrogens is 446 g/mol. The Morgan fingerprint density at radius 1 is 0.939 bits per heavy atom. The Balaban J connectivity index is 1.62. The van der Waals surface area contributed by atoms with Crippen LogP contribution in [-0.4, -0.2) is 31.1 Å². The van der Waals surface area contributed by atoms with E-state index in [1.165, 1.54) is 19.4 Å². The van der Waals surface area contributed by atoms with Gasteiger partial charge < -0.3 is 14.8 Å². The Morgan fingerprint density at radius 3 is 2.39 bits per heavy atom. The maximum atomic E-state index is 12.4. The van der Waals surface area contributed by atoms with Crippen LogP contribution in [0.2, 0.25) is 5.02 Å². The van der Waals surface area contributed by atoms with Gasteiger partial charge in [-0.15, -0.1) is 0 Å². The molecule has 168 valence electrons. The molecule has 0 aliphatic rings. The molecule has 0 fully saturated rings. The molecule has 0 spiro atoms. The predicted molar refractivity (Wildman–Crippen MR) is 125 cm³/mol. The number of ether oxygens (including phenoxy) is 2. The van der Waals surface area contributed by atoms with Crippen LogP contribution in [0.1, 0.15) is 21.5 Å². The number of carbonyl (C=O) groups excluding carboxylic acids is 3. The van der Waals surface area contributed by atoms with E-state index in [1.807, 2.05) is 19.1 Å². The van der Waals surface area contributed by atoms with Gasteiger partial charge >= 0.3 is 17.8 Å². The molecule has 0 aliphatic heterocycles. The number of benzene rings is 3. The Hall–Kier alpha value is -4.17.